The molecule has 0 aliphatic rings. The Bertz CT molecular complexity index is 632. The number of carbonyl (C=O) groups excluding carboxylic acids is 1. The molecule has 2 rings (SSSR count). The van der Waals surface area contributed by atoms with Gasteiger partial charge in [-0.1, -0.05) is 11.6 Å². The number of aromatic nitrogens is 1. The normalized spacial score (nSPS) is 10.3. The Kier molecular flexibility index (Phi) is 5.78. The molecule has 5 heteroatoms. The summed E-state index contributed by atoms with van der Waals surface area (Å²) in [7, 11) is 1.61. The van der Waals surface area contributed by atoms with Gasteiger partial charge in [0.25, 0.3) is 0 Å². The van der Waals surface area contributed by atoms with E-state index in [1.54, 1.807) is 30.5 Å². The van der Waals surface area contributed by atoms with Gasteiger partial charge in [0.15, 0.2) is 0 Å². The Labute approximate surface area is 135 Å². The highest BCUT2D eigenvalue weighted by atomic mass is 35.5. The van der Waals surface area contributed by atoms with Crippen LogP contribution in [0.4, 0.5) is 0 Å². The quantitative estimate of drug-likeness (QED) is 0.820. The highest BCUT2D eigenvalue weighted by molar-refractivity contribution is 6.30. The summed E-state index contributed by atoms with van der Waals surface area (Å²) in [5, 5.41) is 0.633. The first kappa shape index (κ1) is 16.3. The van der Waals surface area contributed by atoms with Crippen molar-refractivity contribution < 1.29 is 9.53 Å². The zero-order valence-electron chi connectivity index (χ0n) is 12.8. The number of nitrogens with zero attached hydrogens (tertiary/aromatic N) is 2. The Morgan fingerprint density at radius 2 is 2.00 bits per heavy atom. The van der Waals surface area contributed by atoms with Crippen molar-refractivity contribution >= 4 is 17.5 Å². The zero-order chi connectivity index (χ0) is 15.9. The lowest BCUT2D eigenvalue weighted by Gasteiger charge is -2.22. The molecule has 1 heterocycles. The van der Waals surface area contributed by atoms with Gasteiger partial charge in [-0.05, 0) is 42.8 Å². The van der Waals surface area contributed by atoms with Crippen molar-refractivity contribution in [1.29, 1.82) is 0 Å². The van der Waals surface area contributed by atoms with Crippen LogP contribution in [0.2, 0.25) is 5.02 Å². The minimum Gasteiger partial charge on any atom is -0.496 e. The Balaban J connectivity index is 2.12. The van der Waals surface area contributed by atoms with Crippen LogP contribution in [0.25, 0.3) is 0 Å². The Morgan fingerprint density at radius 1 is 1.27 bits per heavy atom. The van der Waals surface area contributed by atoms with Gasteiger partial charge < -0.3 is 9.64 Å². The summed E-state index contributed by atoms with van der Waals surface area (Å²) in [6.07, 6.45) is 3.75. The average Bonchev–Trinajstić information content (AvgIpc) is 2.53. The second-order valence-electron chi connectivity index (χ2n) is 4.90. The summed E-state index contributed by atoms with van der Waals surface area (Å²) >= 11 is 6.04. The minimum atomic E-state index is 0.0655. The van der Waals surface area contributed by atoms with Gasteiger partial charge in [0.05, 0.1) is 13.5 Å². The summed E-state index contributed by atoms with van der Waals surface area (Å²) in [6.45, 7) is 3.06. The first-order valence-electron chi connectivity index (χ1n) is 7.13. The van der Waals surface area contributed by atoms with E-state index in [-0.39, 0.29) is 5.91 Å². The summed E-state index contributed by atoms with van der Waals surface area (Å²) in [4.78, 5) is 18.2. The number of halogens is 1. The predicted octanol–water partition coefficient (Wildman–Crippen LogP) is 3.33. The Hall–Kier alpha value is -2.07. The third kappa shape index (κ3) is 4.21. The summed E-state index contributed by atoms with van der Waals surface area (Å²) in [5.41, 5.74) is 1.86. The van der Waals surface area contributed by atoms with Crippen molar-refractivity contribution in [1.82, 2.24) is 9.88 Å². The van der Waals surface area contributed by atoms with Crippen molar-refractivity contribution in [2.75, 3.05) is 13.7 Å². The van der Waals surface area contributed by atoms with Gasteiger partial charge in [-0.3, -0.25) is 9.78 Å². The lowest BCUT2D eigenvalue weighted by Crippen LogP contribution is -2.31. The van der Waals surface area contributed by atoms with E-state index in [2.05, 4.69) is 4.98 Å². The van der Waals surface area contributed by atoms with E-state index in [0.29, 0.717) is 24.5 Å². The first-order valence-corrected chi connectivity index (χ1v) is 7.51. The maximum Gasteiger partial charge on any atom is 0.227 e. The third-order valence-electron chi connectivity index (χ3n) is 3.44. The van der Waals surface area contributed by atoms with Crippen LogP contribution in [0, 0.1) is 0 Å². The number of hydrogen-bond donors (Lipinski definition) is 0. The molecule has 1 aromatic carbocycles. The fourth-order valence-corrected chi connectivity index (χ4v) is 2.43. The zero-order valence-corrected chi connectivity index (χ0v) is 13.5. The SMILES string of the molecule is CCN(Cc1cc(Cl)ccc1OC)C(=O)Cc1ccncc1. The van der Waals surface area contributed by atoms with E-state index >= 15 is 0 Å². The topological polar surface area (TPSA) is 42.4 Å². The fourth-order valence-electron chi connectivity index (χ4n) is 2.24. The molecule has 0 saturated carbocycles. The minimum absolute atomic E-state index is 0.0655. The van der Waals surface area contributed by atoms with Crippen LogP contribution >= 0.6 is 11.6 Å². The van der Waals surface area contributed by atoms with Gasteiger partial charge in [-0.25, -0.2) is 0 Å². The molecule has 0 saturated heterocycles. The molecule has 0 fully saturated rings. The molecule has 0 aliphatic heterocycles. The predicted molar refractivity (Wildman–Crippen MR) is 87.0 cm³/mol. The molecule has 22 heavy (non-hydrogen) atoms. The number of likely N-dealkylation sites (N-methyl/N-ethyl adjacent to an activating group) is 1. The molecule has 0 aliphatic carbocycles. The van der Waals surface area contributed by atoms with Crippen LogP contribution in [0.15, 0.2) is 42.7 Å². The van der Waals surface area contributed by atoms with Gasteiger partial charge in [0.2, 0.25) is 5.91 Å². The van der Waals surface area contributed by atoms with Crippen molar-refractivity contribution in [2.45, 2.75) is 19.9 Å². The molecule has 0 spiro atoms. The van der Waals surface area contributed by atoms with Crippen LogP contribution in [-0.4, -0.2) is 29.4 Å². The van der Waals surface area contributed by atoms with E-state index < -0.39 is 0 Å². The van der Waals surface area contributed by atoms with Crippen LogP contribution in [-0.2, 0) is 17.8 Å². The highest BCUT2D eigenvalue weighted by Gasteiger charge is 2.15. The first-order chi connectivity index (χ1) is 10.6. The second kappa shape index (κ2) is 7.80. The van der Waals surface area contributed by atoms with Crippen molar-refractivity contribution in [3.05, 3.63) is 58.9 Å². The van der Waals surface area contributed by atoms with Crippen LogP contribution < -0.4 is 4.74 Å². The smallest absolute Gasteiger partial charge is 0.227 e. The number of methoxy groups -OCH3 is 1. The molecule has 1 aromatic heterocycles. The number of carbonyl (C=O) groups is 1. The van der Waals surface area contributed by atoms with Crippen LogP contribution in [0.1, 0.15) is 18.1 Å². The second-order valence-corrected chi connectivity index (χ2v) is 5.33. The molecule has 0 bridgehead atoms. The Morgan fingerprint density at radius 3 is 2.64 bits per heavy atom. The number of hydrogen-bond acceptors (Lipinski definition) is 3. The lowest BCUT2D eigenvalue weighted by atomic mass is 10.1. The molecule has 116 valence electrons. The van der Waals surface area contributed by atoms with E-state index in [0.717, 1.165) is 16.9 Å². The molecule has 0 N–H and O–H groups in total. The molecule has 2 aromatic rings. The highest BCUT2D eigenvalue weighted by Crippen LogP contribution is 2.24. The van der Waals surface area contributed by atoms with Gasteiger partial charge >= 0.3 is 0 Å². The monoisotopic (exact) mass is 318 g/mol. The fraction of sp³-hybridized carbons (Fsp3) is 0.294. The summed E-state index contributed by atoms with van der Waals surface area (Å²) < 4.78 is 5.34. The molecule has 1 amide bonds. The van der Waals surface area contributed by atoms with Gasteiger partial charge in [0, 0.05) is 36.1 Å². The molecule has 0 radical (unpaired) electrons. The lowest BCUT2D eigenvalue weighted by molar-refractivity contribution is -0.130. The van der Waals surface area contributed by atoms with Crippen molar-refractivity contribution in [3.8, 4) is 5.75 Å². The van der Waals surface area contributed by atoms with E-state index in [1.165, 1.54) is 0 Å². The number of pyridine rings is 1. The van der Waals surface area contributed by atoms with Gasteiger partial charge in [0.1, 0.15) is 5.75 Å². The van der Waals surface area contributed by atoms with Crippen LogP contribution in [0.5, 0.6) is 5.75 Å². The maximum absolute atomic E-state index is 12.5. The van der Waals surface area contributed by atoms with E-state index in [1.807, 2.05) is 31.2 Å². The standard InChI is InChI=1S/C17H19ClN2O2/c1-3-20(17(21)10-13-6-8-19-9-7-13)12-14-11-15(18)4-5-16(14)22-2/h4-9,11H,3,10,12H2,1-2H3. The van der Waals surface area contributed by atoms with Gasteiger partial charge in [-0.2, -0.15) is 0 Å². The number of amides is 1. The molecular weight excluding hydrogens is 300 g/mol. The molecule has 0 atom stereocenters. The van der Waals surface area contributed by atoms with E-state index in [4.69, 9.17) is 16.3 Å². The molecule has 4 nitrogen and oxygen atoms in total. The largest absolute Gasteiger partial charge is 0.496 e. The average molecular weight is 319 g/mol. The number of benzene rings is 1. The number of rotatable bonds is 6. The summed E-state index contributed by atoms with van der Waals surface area (Å²) in [6, 6.07) is 9.14. The van der Waals surface area contributed by atoms with Crippen molar-refractivity contribution in [3.63, 3.8) is 0 Å². The van der Waals surface area contributed by atoms with Gasteiger partial charge in [-0.15, -0.1) is 0 Å². The molecule has 0 unspecified atom stereocenters. The molecular formula is C17H19ClN2O2. The maximum atomic E-state index is 12.5. The third-order valence-corrected chi connectivity index (χ3v) is 3.68. The van der Waals surface area contributed by atoms with Crippen LogP contribution in [0.3, 0.4) is 0 Å². The van der Waals surface area contributed by atoms with Crippen molar-refractivity contribution in [2.24, 2.45) is 0 Å². The number of ether oxygens (including phenoxy) is 1. The van der Waals surface area contributed by atoms with E-state index in [9.17, 15) is 4.79 Å². The summed E-state index contributed by atoms with van der Waals surface area (Å²) in [5.74, 6) is 0.801.